The van der Waals surface area contributed by atoms with Crippen molar-refractivity contribution in [2.45, 2.75) is 19.4 Å². The highest BCUT2D eigenvalue weighted by atomic mass is 35.5. The van der Waals surface area contributed by atoms with Crippen molar-refractivity contribution in [2.75, 3.05) is 29.4 Å². The summed E-state index contributed by atoms with van der Waals surface area (Å²) in [5.74, 6) is 0.0876. The van der Waals surface area contributed by atoms with Gasteiger partial charge in [-0.05, 0) is 24.6 Å². The quantitative estimate of drug-likeness (QED) is 0.875. The number of nitrogens with two attached hydrogens (primary N) is 1. The molecule has 0 radical (unpaired) electrons. The number of carbonyl (C=O) groups excluding carboxylic acids is 1. The van der Waals surface area contributed by atoms with Crippen LogP contribution in [0.5, 0.6) is 0 Å². The maximum absolute atomic E-state index is 12.8. The van der Waals surface area contributed by atoms with Crippen molar-refractivity contribution in [3.8, 4) is 0 Å². The molecular formula is C19H25Cl2N3O. The molecule has 6 heteroatoms. The topological polar surface area (TPSA) is 49.6 Å². The van der Waals surface area contributed by atoms with E-state index in [9.17, 15) is 4.79 Å². The summed E-state index contributed by atoms with van der Waals surface area (Å²) in [7, 11) is 0. The molecule has 1 heterocycles. The lowest BCUT2D eigenvalue weighted by molar-refractivity contribution is -0.119. The van der Waals surface area contributed by atoms with Gasteiger partial charge in [-0.3, -0.25) is 4.79 Å². The predicted octanol–water partition coefficient (Wildman–Crippen LogP) is 3.79. The molecule has 0 saturated heterocycles. The fourth-order valence-electron chi connectivity index (χ4n) is 3.13. The van der Waals surface area contributed by atoms with Gasteiger partial charge in [0.15, 0.2) is 0 Å². The van der Waals surface area contributed by atoms with Gasteiger partial charge in [0, 0.05) is 32.1 Å². The van der Waals surface area contributed by atoms with Crippen molar-refractivity contribution < 1.29 is 4.79 Å². The van der Waals surface area contributed by atoms with Crippen LogP contribution in [0.4, 0.5) is 11.4 Å². The van der Waals surface area contributed by atoms with E-state index in [1.54, 1.807) is 0 Å². The van der Waals surface area contributed by atoms with E-state index in [0.29, 0.717) is 13.0 Å². The van der Waals surface area contributed by atoms with E-state index in [0.717, 1.165) is 30.0 Å². The summed E-state index contributed by atoms with van der Waals surface area (Å²) in [4.78, 5) is 16.9. The second kappa shape index (κ2) is 9.66. The molecule has 0 aromatic heterocycles. The molecular weight excluding hydrogens is 357 g/mol. The second-order valence-electron chi connectivity index (χ2n) is 5.84. The van der Waals surface area contributed by atoms with Crippen LogP contribution in [0.2, 0.25) is 0 Å². The number of para-hydroxylation sites is 2. The zero-order chi connectivity index (χ0) is 16.2. The summed E-state index contributed by atoms with van der Waals surface area (Å²) in [6, 6.07) is 17.6. The number of fused-ring (bicyclic) bond motifs is 1. The van der Waals surface area contributed by atoms with E-state index >= 15 is 0 Å². The maximum Gasteiger partial charge on any atom is 0.229 e. The van der Waals surface area contributed by atoms with Gasteiger partial charge in [-0.15, -0.1) is 24.8 Å². The molecule has 25 heavy (non-hydrogen) atoms. The van der Waals surface area contributed by atoms with Crippen molar-refractivity contribution >= 4 is 42.1 Å². The van der Waals surface area contributed by atoms with Crippen LogP contribution >= 0.6 is 24.8 Å². The Morgan fingerprint density at radius 1 is 1.00 bits per heavy atom. The highest BCUT2D eigenvalue weighted by molar-refractivity contribution is 5.98. The Labute approximate surface area is 161 Å². The normalized spacial score (nSPS) is 14.0. The molecule has 2 aromatic rings. The smallest absolute Gasteiger partial charge is 0.229 e. The van der Waals surface area contributed by atoms with Gasteiger partial charge in [0.1, 0.15) is 0 Å². The number of amides is 1. The minimum absolute atomic E-state index is 0. The van der Waals surface area contributed by atoms with Gasteiger partial charge in [-0.1, -0.05) is 42.5 Å². The highest BCUT2D eigenvalue weighted by Crippen LogP contribution is 2.33. The first-order valence-electron chi connectivity index (χ1n) is 8.15. The summed E-state index contributed by atoms with van der Waals surface area (Å²) >= 11 is 0. The molecule has 0 bridgehead atoms. The van der Waals surface area contributed by atoms with Crippen molar-refractivity contribution in [3.63, 3.8) is 0 Å². The van der Waals surface area contributed by atoms with Crippen LogP contribution < -0.4 is 15.5 Å². The number of likely N-dealkylation sites (N-methyl/N-ethyl adjacent to an activating group) is 1. The molecule has 1 aliphatic heterocycles. The van der Waals surface area contributed by atoms with Crippen LogP contribution in [0, 0.1) is 0 Å². The Bertz CT molecular complexity index is 681. The Morgan fingerprint density at radius 3 is 2.24 bits per heavy atom. The van der Waals surface area contributed by atoms with E-state index in [-0.39, 0.29) is 36.8 Å². The van der Waals surface area contributed by atoms with Crippen LogP contribution in [0.1, 0.15) is 24.9 Å². The summed E-state index contributed by atoms with van der Waals surface area (Å²) in [5, 5.41) is 0. The fraction of sp³-hybridized carbons (Fsp3) is 0.316. The molecule has 0 spiro atoms. The predicted molar refractivity (Wildman–Crippen MR) is 109 cm³/mol. The summed E-state index contributed by atoms with van der Waals surface area (Å²) in [6.45, 7) is 4.66. The molecule has 0 saturated carbocycles. The van der Waals surface area contributed by atoms with Gasteiger partial charge in [0.05, 0.1) is 11.4 Å². The lowest BCUT2D eigenvalue weighted by Crippen LogP contribution is -2.44. The van der Waals surface area contributed by atoms with Crippen molar-refractivity contribution in [2.24, 2.45) is 5.73 Å². The highest BCUT2D eigenvalue weighted by Gasteiger charge is 2.26. The SMILES string of the molecule is CCN1CCN(C(=O)CC(N)c2ccccc2)c2ccccc21.Cl.Cl. The lowest BCUT2D eigenvalue weighted by Gasteiger charge is -2.37. The first kappa shape index (κ1) is 21.3. The third-order valence-electron chi connectivity index (χ3n) is 4.41. The second-order valence-corrected chi connectivity index (χ2v) is 5.84. The molecule has 1 amide bonds. The van der Waals surface area contributed by atoms with Crippen LogP contribution in [0.15, 0.2) is 54.6 Å². The average molecular weight is 382 g/mol. The van der Waals surface area contributed by atoms with E-state index in [1.165, 1.54) is 0 Å². The number of benzene rings is 2. The number of rotatable bonds is 4. The standard InChI is InChI=1S/C19H23N3O.2ClH/c1-2-21-12-13-22(18-11-7-6-10-17(18)21)19(23)14-16(20)15-8-4-3-5-9-15;;/h3-11,16H,2,12-14,20H2,1H3;2*1H. The number of anilines is 2. The minimum Gasteiger partial charge on any atom is -0.368 e. The van der Waals surface area contributed by atoms with Crippen LogP contribution in [0.25, 0.3) is 0 Å². The molecule has 0 aliphatic carbocycles. The third-order valence-corrected chi connectivity index (χ3v) is 4.41. The summed E-state index contributed by atoms with van der Waals surface area (Å²) in [5.41, 5.74) is 9.34. The Hall–Kier alpha value is -1.75. The molecule has 136 valence electrons. The number of carbonyl (C=O) groups is 1. The Morgan fingerprint density at radius 2 is 1.60 bits per heavy atom. The summed E-state index contributed by atoms with van der Waals surface area (Å²) in [6.07, 6.45) is 0.324. The van der Waals surface area contributed by atoms with Crippen molar-refractivity contribution in [3.05, 3.63) is 60.2 Å². The molecule has 0 fully saturated rings. The molecule has 1 atom stereocenters. The van der Waals surface area contributed by atoms with Gasteiger partial charge < -0.3 is 15.5 Å². The molecule has 4 nitrogen and oxygen atoms in total. The summed E-state index contributed by atoms with van der Waals surface area (Å²) < 4.78 is 0. The first-order valence-corrected chi connectivity index (χ1v) is 8.15. The lowest BCUT2D eigenvalue weighted by atomic mass is 10.0. The Kier molecular flexibility index (Phi) is 8.23. The van der Waals surface area contributed by atoms with E-state index in [1.807, 2.05) is 53.4 Å². The molecule has 1 unspecified atom stereocenters. The number of nitrogens with zero attached hydrogens (tertiary/aromatic N) is 2. The van der Waals surface area contributed by atoms with E-state index < -0.39 is 0 Å². The van der Waals surface area contributed by atoms with E-state index in [4.69, 9.17) is 5.73 Å². The number of hydrogen-bond donors (Lipinski definition) is 1. The molecule has 3 rings (SSSR count). The van der Waals surface area contributed by atoms with Gasteiger partial charge in [-0.2, -0.15) is 0 Å². The van der Waals surface area contributed by atoms with Gasteiger partial charge in [0.25, 0.3) is 0 Å². The van der Waals surface area contributed by atoms with Crippen molar-refractivity contribution in [1.82, 2.24) is 0 Å². The minimum atomic E-state index is -0.264. The largest absolute Gasteiger partial charge is 0.368 e. The van der Waals surface area contributed by atoms with Crippen molar-refractivity contribution in [1.29, 1.82) is 0 Å². The maximum atomic E-state index is 12.8. The van der Waals surface area contributed by atoms with Gasteiger partial charge in [0.2, 0.25) is 5.91 Å². The fourth-order valence-corrected chi connectivity index (χ4v) is 3.13. The Balaban J connectivity index is 0.00000156. The molecule has 1 aliphatic rings. The number of hydrogen-bond acceptors (Lipinski definition) is 3. The van der Waals surface area contributed by atoms with Gasteiger partial charge in [-0.25, -0.2) is 0 Å². The monoisotopic (exact) mass is 381 g/mol. The zero-order valence-corrected chi connectivity index (χ0v) is 15.9. The number of halogens is 2. The van der Waals surface area contributed by atoms with Crippen LogP contribution in [-0.2, 0) is 4.79 Å². The van der Waals surface area contributed by atoms with Crippen LogP contribution in [-0.4, -0.2) is 25.5 Å². The van der Waals surface area contributed by atoms with E-state index in [2.05, 4.69) is 17.9 Å². The molecule has 2 N–H and O–H groups in total. The average Bonchev–Trinajstić information content (AvgIpc) is 2.61. The van der Waals surface area contributed by atoms with Gasteiger partial charge >= 0.3 is 0 Å². The first-order chi connectivity index (χ1) is 11.2. The molecule has 2 aromatic carbocycles. The van der Waals surface area contributed by atoms with Crippen LogP contribution in [0.3, 0.4) is 0 Å². The zero-order valence-electron chi connectivity index (χ0n) is 14.3. The third kappa shape index (κ3) is 4.66.